The molecule has 94 valence electrons. The van der Waals surface area contributed by atoms with Gasteiger partial charge in [-0.1, -0.05) is 28.1 Å². The van der Waals surface area contributed by atoms with Crippen molar-refractivity contribution in [3.8, 4) is 0 Å². The highest BCUT2D eigenvalue weighted by atomic mass is 79.9. The van der Waals surface area contributed by atoms with E-state index in [1.165, 1.54) is 24.0 Å². The van der Waals surface area contributed by atoms with E-state index in [9.17, 15) is 0 Å². The van der Waals surface area contributed by atoms with Crippen molar-refractivity contribution in [3.63, 3.8) is 0 Å². The minimum Gasteiger partial charge on any atom is -0.469 e. The summed E-state index contributed by atoms with van der Waals surface area (Å²) >= 11 is 3.46. The Bertz CT molecular complexity index is 518. The second kappa shape index (κ2) is 5.29. The Balaban J connectivity index is 1.66. The van der Waals surface area contributed by atoms with Gasteiger partial charge in [-0.2, -0.15) is 0 Å². The molecule has 0 spiro atoms. The normalized spacial score (nSPS) is 18.6. The highest BCUT2D eigenvalue weighted by Crippen LogP contribution is 2.30. The molecule has 0 bridgehead atoms. The van der Waals surface area contributed by atoms with Crippen molar-refractivity contribution in [2.24, 2.45) is 0 Å². The number of rotatable bonds is 3. The van der Waals surface area contributed by atoms with Crippen LogP contribution in [0, 0.1) is 0 Å². The lowest BCUT2D eigenvalue weighted by atomic mass is 9.93. The van der Waals surface area contributed by atoms with Crippen molar-refractivity contribution < 1.29 is 4.42 Å². The first-order chi connectivity index (χ1) is 8.83. The second-order valence-corrected chi connectivity index (χ2v) is 5.67. The predicted octanol–water partition coefficient (Wildman–Crippen LogP) is 4.21. The summed E-state index contributed by atoms with van der Waals surface area (Å²) in [5.74, 6) is 1.16. The fraction of sp³-hybridized carbons (Fsp3) is 0.333. The number of aryl methyl sites for hydroxylation is 1. The first-order valence-corrected chi connectivity index (χ1v) is 7.16. The van der Waals surface area contributed by atoms with Crippen molar-refractivity contribution >= 4 is 15.9 Å². The molecule has 0 amide bonds. The van der Waals surface area contributed by atoms with E-state index in [1.54, 1.807) is 0 Å². The third-order valence-corrected chi connectivity index (χ3v) is 4.05. The number of benzene rings is 1. The minimum atomic E-state index is 0.441. The molecule has 3 heteroatoms. The summed E-state index contributed by atoms with van der Waals surface area (Å²) in [7, 11) is 0. The molecule has 18 heavy (non-hydrogen) atoms. The van der Waals surface area contributed by atoms with Crippen LogP contribution in [0.4, 0.5) is 0 Å². The average molecular weight is 306 g/mol. The Morgan fingerprint density at radius 1 is 1.22 bits per heavy atom. The molecule has 1 aliphatic carbocycles. The largest absolute Gasteiger partial charge is 0.469 e. The zero-order chi connectivity index (χ0) is 12.4. The highest BCUT2D eigenvalue weighted by molar-refractivity contribution is 9.10. The van der Waals surface area contributed by atoms with Crippen LogP contribution in [0.2, 0.25) is 0 Å². The maximum absolute atomic E-state index is 5.51. The summed E-state index contributed by atoms with van der Waals surface area (Å²) in [4.78, 5) is 0. The highest BCUT2D eigenvalue weighted by Gasteiger charge is 2.21. The Kier molecular flexibility index (Phi) is 3.52. The Morgan fingerprint density at radius 2 is 2.06 bits per heavy atom. The van der Waals surface area contributed by atoms with E-state index in [4.69, 9.17) is 4.42 Å². The Hall–Kier alpha value is -1.06. The number of furan rings is 1. The SMILES string of the molecule is Brc1ccc(CNC2CCCc3occc32)cc1. The van der Waals surface area contributed by atoms with Crippen molar-refractivity contribution in [2.45, 2.75) is 31.8 Å². The summed E-state index contributed by atoms with van der Waals surface area (Å²) in [6, 6.07) is 11.0. The lowest BCUT2D eigenvalue weighted by molar-refractivity contribution is 0.411. The molecule has 1 unspecified atom stereocenters. The fourth-order valence-electron chi connectivity index (χ4n) is 2.54. The van der Waals surface area contributed by atoms with Gasteiger partial charge in [-0.3, -0.25) is 0 Å². The molecule has 0 saturated heterocycles. The van der Waals surface area contributed by atoms with Crippen LogP contribution >= 0.6 is 15.9 Å². The third-order valence-electron chi connectivity index (χ3n) is 3.52. The van der Waals surface area contributed by atoms with E-state index in [2.05, 4.69) is 51.6 Å². The molecule has 1 N–H and O–H groups in total. The van der Waals surface area contributed by atoms with Gasteiger partial charge in [0.15, 0.2) is 0 Å². The maximum atomic E-state index is 5.51. The lowest BCUT2D eigenvalue weighted by Gasteiger charge is -2.22. The average Bonchev–Trinajstić information content (AvgIpc) is 2.87. The van der Waals surface area contributed by atoms with Crippen LogP contribution in [0.25, 0.3) is 0 Å². The van der Waals surface area contributed by atoms with Gasteiger partial charge >= 0.3 is 0 Å². The molecule has 0 aliphatic heterocycles. The van der Waals surface area contributed by atoms with Crippen LogP contribution in [0.15, 0.2) is 45.5 Å². The molecular formula is C15H16BrNO. The molecule has 0 fully saturated rings. The molecule has 1 aromatic carbocycles. The molecule has 1 aromatic heterocycles. The van der Waals surface area contributed by atoms with Gasteiger partial charge < -0.3 is 9.73 Å². The van der Waals surface area contributed by atoms with Gasteiger partial charge in [0.1, 0.15) is 5.76 Å². The van der Waals surface area contributed by atoms with Crippen LogP contribution in [-0.2, 0) is 13.0 Å². The molecule has 3 rings (SSSR count). The van der Waals surface area contributed by atoms with Crippen LogP contribution < -0.4 is 5.32 Å². The first-order valence-electron chi connectivity index (χ1n) is 6.37. The van der Waals surface area contributed by atoms with E-state index < -0.39 is 0 Å². The van der Waals surface area contributed by atoms with Crippen molar-refractivity contribution in [3.05, 3.63) is 58.0 Å². The Morgan fingerprint density at radius 3 is 2.89 bits per heavy atom. The number of hydrogen-bond donors (Lipinski definition) is 1. The van der Waals surface area contributed by atoms with Gasteiger partial charge in [0.2, 0.25) is 0 Å². The molecule has 2 nitrogen and oxygen atoms in total. The number of fused-ring (bicyclic) bond motifs is 1. The van der Waals surface area contributed by atoms with Crippen molar-refractivity contribution in [1.29, 1.82) is 0 Å². The van der Waals surface area contributed by atoms with Crippen LogP contribution in [0.5, 0.6) is 0 Å². The maximum Gasteiger partial charge on any atom is 0.108 e. The third kappa shape index (κ3) is 2.52. The van der Waals surface area contributed by atoms with E-state index in [0.717, 1.165) is 23.2 Å². The van der Waals surface area contributed by atoms with E-state index in [1.807, 2.05) is 6.26 Å². The van der Waals surface area contributed by atoms with Crippen molar-refractivity contribution in [1.82, 2.24) is 5.32 Å². The Labute approximate surface area is 116 Å². The lowest BCUT2D eigenvalue weighted by Crippen LogP contribution is -2.23. The number of halogens is 1. The van der Waals surface area contributed by atoms with E-state index in [-0.39, 0.29) is 0 Å². The second-order valence-electron chi connectivity index (χ2n) is 4.75. The minimum absolute atomic E-state index is 0.441. The number of hydrogen-bond acceptors (Lipinski definition) is 2. The van der Waals surface area contributed by atoms with Crippen LogP contribution in [0.3, 0.4) is 0 Å². The zero-order valence-corrected chi connectivity index (χ0v) is 11.7. The molecular weight excluding hydrogens is 290 g/mol. The van der Waals surface area contributed by atoms with Gasteiger partial charge in [-0.25, -0.2) is 0 Å². The molecule has 0 radical (unpaired) electrons. The van der Waals surface area contributed by atoms with Gasteiger partial charge in [0.05, 0.1) is 6.26 Å². The summed E-state index contributed by atoms with van der Waals surface area (Å²) in [5.41, 5.74) is 2.66. The summed E-state index contributed by atoms with van der Waals surface area (Å²) in [5, 5.41) is 3.62. The van der Waals surface area contributed by atoms with Crippen molar-refractivity contribution in [2.75, 3.05) is 0 Å². The molecule has 0 saturated carbocycles. The van der Waals surface area contributed by atoms with Gasteiger partial charge in [0.25, 0.3) is 0 Å². The molecule has 1 aliphatic rings. The molecule has 1 heterocycles. The zero-order valence-electron chi connectivity index (χ0n) is 10.2. The molecule has 1 atom stereocenters. The van der Waals surface area contributed by atoms with Crippen LogP contribution in [-0.4, -0.2) is 0 Å². The van der Waals surface area contributed by atoms with Crippen LogP contribution in [0.1, 0.15) is 35.8 Å². The first kappa shape index (κ1) is 12.0. The van der Waals surface area contributed by atoms with E-state index >= 15 is 0 Å². The van der Waals surface area contributed by atoms with E-state index in [0.29, 0.717) is 6.04 Å². The fourth-order valence-corrected chi connectivity index (χ4v) is 2.81. The number of nitrogens with one attached hydrogen (secondary N) is 1. The van der Waals surface area contributed by atoms with Gasteiger partial charge in [-0.05, 0) is 36.6 Å². The molecule has 2 aromatic rings. The predicted molar refractivity (Wildman–Crippen MR) is 75.4 cm³/mol. The summed E-state index contributed by atoms with van der Waals surface area (Å²) in [6.07, 6.45) is 5.30. The summed E-state index contributed by atoms with van der Waals surface area (Å²) < 4.78 is 6.63. The topological polar surface area (TPSA) is 25.2 Å². The standard InChI is InChI=1S/C15H16BrNO/c16-12-6-4-11(5-7-12)10-17-14-2-1-3-15-13(14)8-9-18-15/h4-9,14,17H,1-3,10H2. The smallest absolute Gasteiger partial charge is 0.108 e. The summed E-state index contributed by atoms with van der Waals surface area (Å²) in [6.45, 7) is 0.905. The van der Waals surface area contributed by atoms with Gasteiger partial charge in [0, 0.05) is 29.0 Å². The quantitative estimate of drug-likeness (QED) is 0.919. The monoisotopic (exact) mass is 305 g/mol. The van der Waals surface area contributed by atoms with Gasteiger partial charge in [-0.15, -0.1) is 0 Å².